The third-order valence-corrected chi connectivity index (χ3v) is 6.91. The number of nitrogens with one attached hydrogen (secondary N) is 1. The molecule has 31 heavy (non-hydrogen) atoms. The molecule has 1 aliphatic heterocycles. The highest BCUT2D eigenvalue weighted by Gasteiger charge is 2.38. The molecule has 2 aliphatic rings. The monoisotopic (exact) mass is 419 g/mol. The largest absolute Gasteiger partial charge is 0.381 e. The third kappa shape index (κ3) is 4.60. The Kier molecular flexibility index (Phi) is 6.03. The fourth-order valence-corrected chi connectivity index (χ4v) is 4.85. The molecular formula is C26H33N3O2. The van der Waals surface area contributed by atoms with Gasteiger partial charge in [-0.1, -0.05) is 50.2 Å². The molecule has 0 saturated carbocycles. The summed E-state index contributed by atoms with van der Waals surface area (Å²) in [5, 5.41) is 3.72. The minimum atomic E-state index is 0.0763. The van der Waals surface area contributed by atoms with Gasteiger partial charge in [0, 0.05) is 56.7 Å². The van der Waals surface area contributed by atoms with E-state index in [2.05, 4.69) is 67.7 Å². The van der Waals surface area contributed by atoms with E-state index in [9.17, 15) is 9.59 Å². The molecule has 0 spiro atoms. The number of anilines is 1. The highest BCUT2D eigenvalue weighted by molar-refractivity contribution is 5.80. The van der Waals surface area contributed by atoms with Crippen LogP contribution in [-0.2, 0) is 28.0 Å². The molecule has 1 atom stereocenters. The van der Waals surface area contributed by atoms with E-state index in [-0.39, 0.29) is 17.2 Å². The quantitative estimate of drug-likeness (QED) is 0.739. The average molecular weight is 420 g/mol. The van der Waals surface area contributed by atoms with Gasteiger partial charge in [0.25, 0.3) is 0 Å². The number of hydrogen-bond acceptors (Lipinski definition) is 3. The summed E-state index contributed by atoms with van der Waals surface area (Å²) >= 11 is 0. The summed E-state index contributed by atoms with van der Waals surface area (Å²) in [6.45, 7) is 6.51. The van der Waals surface area contributed by atoms with Crippen molar-refractivity contribution in [3.63, 3.8) is 0 Å². The van der Waals surface area contributed by atoms with Crippen LogP contribution in [0.15, 0.2) is 48.5 Å². The number of carbonyl (C=O) groups is 2. The SMILES string of the molecule is CN(Cc1ccc(NC2Cc3ccccc3C2(C)C)cc1)C(=O)CCN1CCCC1=O. The first-order valence-electron chi connectivity index (χ1n) is 11.3. The molecule has 0 aromatic heterocycles. The Balaban J connectivity index is 1.30. The average Bonchev–Trinajstić information content (AvgIpc) is 3.28. The Bertz CT molecular complexity index is 951. The van der Waals surface area contributed by atoms with Crippen LogP contribution in [0, 0.1) is 0 Å². The van der Waals surface area contributed by atoms with Crippen molar-refractivity contribution in [2.75, 3.05) is 25.5 Å². The lowest BCUT2D eigenvalue weighted by Gasteiger charge is -2.30. The summed E-state index contributed by atoms with van der Waals surface area (Å²) in [5.41, 5.74) is 5.15. The fourth-order valence-electron chi connectivity index (χ4n) is 4.85. The maximum atomic E-state index is 12.5. The zero-order valence-electron chi connectivity index (χ0n) is 18.9. The van der Waals surface area contributed by atoms with Gasteiger partial charge < -0.3 is 15.1 Å². The van der Waals surface area contributed by atoms with Gasteiger partial charge in [-0.15, -0.1) is 0 Å². The van der Waals surface area contributed by atoms with Gasteiger partial charge >= 0.3 is 0 Å². The second-order valence-corrected chi connectivity index (χ2v) is 9.46. The molecule has 2 aromatic rings. The highest BCUT2D eigenvalue weighted by Crippen LogP contribution is 2.39. The first kappa shape index (κ1) is 21.4. The number of benzene rings is 2. The van der Waals surface area contributed by atoms with Crippen LogP contribution in [0.5, 0.6) is 0 Å². The highest BCUT2D eigenvalue weighted by atomic mass is 16.2. The molecule has 1 N–H and O–H groups in total. The van der Waals surface area contributed by atoms with Crippen LogP contribution in [0.1, 0.15) is 49.8 Å². The van der Waals surface area contributed by atoms with Crippen LogP contribution >= 0.6 is 0 Å². The maximum Gasteiger partial charge on any atom is 0.224 e. The molecule has 0 radical (unpaired) electrons. The number of amides is 2. The van der Waals surface area contributed by atoms with Crippen LogP contribution < -0.4 is 5.32 Å². The molecule has 164 valence electrons. The van der Waals surface area contributed by atoms with E-state index in [4.69, 9.17) is 0 Å². The van der Waals surface area contributed by atoms with E-state index in [0.717, 1.165) is 30.6 Å². The topological polar surface area (TPSA) is 52.7 Å². The number of nitrogens with zero attached hydrogens (tertiary/aromatic N) is 2. The molecule has 4 rings (SSSR count). The number of hydrogen-bond donors (Lipinski definition) is 1. The number of carbonyl (C=O) groups excluding carboxylic acids is 2. The minimum absolute atomic E-state index is 0.0763. The summed E-state index contributed by atoms with van der Waals surface area (Å²) in [4.78, 5) is 27.7. The van der Waals surface area contributed by atoms with Gasteiger partial charge in [0.2, 0.25) is 11.8 Å². The minimum Gasteiger partial charge on any atom is -0.381 e. The molecule has 2 aromatic carbocycles. The molecule has 1 aliphatic carbocycles. The summed E-state index contributed by atoms with van der Waals surface area (Å²) < 4.78 is 0. The smallest absolute Gasteiger partial charge is 0.224 e. The maximum absolute atomic E-state index is 12.5. The van der Waals surface area contributed by atoms with Gasteiger partial charge in [0.1, 0.15) is 0 Å². The zero-order valence-corrected chi connectivity index (χ0v) is 18.9. The van der Waals surface area contributed by atoms with E-state index in [0.29, 0.717) is 32.0 Å². The van der Waals surface area contributed by atoms with Crippen LogP contribution in [0.4, 0.5) is 5.69 Å². The Morgan fingerprint density at radius 1 is 1.16 bits per heavy atom. The molecular weight excluding hydrogens is 386 g/mol. The third-order valence-electron chi connectivity index (χ3n) is 6.91. The van der Waals surface area contributed by atoms with Crippen molar-refractivity contribution in [2.45, 2.75) is 57.5 Å². The normalized spacial score (nSPS) is 19.4. The molecule has 0 bridgehead atoms. The molecule has 1 fully saturated rings. The van der Waals surface area contributed by atoms with Crippen molar-refractivity contribution in [2.24, 2.45) is 0 Å². The fraction of sp³-hybridized carbons (Fsp3) is 0.462. The lowest BCUT2D eigenvalue weighted by atomic mass is 9.83. The Hall–Kier alpha value is -2.82. The Morgan fingerprint density at radius 3 is 2.58 bits per heavy atom. The van der Waals surface area contributed by atoms with E-state index in [1.165, 1.54) is 11.1 Å². The molecule has 5 heteroatoms. The molecule has 5 nitrogen and oxygen atoms in total. The van der Waals surface area contributed by atoms with Crippen molar-refractivity contribution >= 4 is 17.5 Å². The predicted molar refractivity (Wildman–Crippen MR) is 124 cm³/mol. The molecule has 1 heterocycles. The lowest BCUT2D eigenvalue weighted by molar-refractivity contribution is -0.132. The van der Waals surface area contributed by atoms with E-state index >= 15 is 0 Å². The number of likely N-dealkylation sites (tertiary alicyclic amines) is 1. The lowest BCUT2D eigenvalue weighted by Crippen LogP contribution is -2.36. The molecule has 1 unspecified atom stereocenters. The summed E-state index contributed by atoms with van der Waals surface area (Å²) in [6, 6.07) is 17.5. The Morgan fingerprint density at radius 2 is 1.90 bits per heavy atom. The van der Waals surface area contributed by atoms with Crippen molar-refractivity contribution < 1.29 is 9.59 Å². The van der Waals surface area contributed by atoms with Gasteiger partial charge in [-0.05, 0) is 41.7 Å². The number of fused-ring (bicyclic) bond motifs is 1. The van der Waals surface area contributed by atoms with Crippen LogP contribution in [0.25, 0.3) is 0 Å². The second kappa shape index (κ2) is 8.74. The zero-order chi connectivity index (χ0) is 22.0. The van der Waals surface area contributed by atoms with E-state index in [1.807, 2.05) is 7.05 Å². The van der Waals surface area contributed by atoms with Gasteiger partial charge in [0.05, 0.1) is 0 Å². The van der Waals surface area contributed by atoms with Crippen molar-refractivity contribution in [3.05, 3.63) is 65.2 Å². The van der Waals surface area contributed by atoms with E-state index < -0.39 is 0 Å². The van der Waals surface area contributed by atoms with Crippen LogP contribution in [-0.4, -0.2) is 47.8 Å². The van der Waals surface area contributed by atoms with Crippen LogP contribution in [0.3, 0.4) is 0 Å². The summed E-state index contributed by atoms with van der Waals surface area (Å²) in [7, 11) is 1.83. The Labute approximate surface area is 185 Å². The molecule has 2 amide bonds. The molecule has 1 saturated heterocycles. The van der Waals surface area contributed by atoms with Gasteiger partial charge in [0.15, 0.2) is 0 Å². The van der Waals surface area contributed by atoms with Gasteiger partial charge in [-0.3, -0.25) is 9.59 Å². The van der Waals surface area contributed by atoms with Gasteiger partial charge in [-0.2, -0.15) is 0 Å². The predicted octanol–water partition coefficient (Wildman–Crippen LogP) is 3.97. The number of rotatable bonds is 7. The van der Waals surface area contributed by atoms with Crippen LogP contribution in [0.2, 0.25) is 0 Å². The van der Waals surface area contributed by atoms with Gasteiger partial charge in [-0.25, -0.2) is 0 Å². The van der Waals surface area contributed by atoms with Crippen molar-refractivity contribution in [1.29, 1.82) is 0 Å². The second-order valence-electron chi connectivity index (χ2n) is 9.46. The standard InChI is InChI=1S/C26H33N3O2/c1-26(2)22-8-5-4-7-20(22)17-23(26)27-21-12-10-19(11-13-21)18-28(3)24(30)14-16-29-15-6-9-25(29)31/h4-5,7-8,10-13,23,27H,6,9,14-18H2,1-3H3. The first-order valence-corrected chi connectivity index (χ1v) is 11.3. The first-order chi connectivity index (χ1) is 14.8. The van der Waals surface area contributed by atoms with Crippen molar-refractivity contribution in [1.82, 2.24) is 9.80 Å². The summed E-state index contributed by atoms with van der Waals surface area (Å²) in [5.74, 6) is 0.249. The van der Waals surface area contributed by atoms with Crippen molar-refractivity contribution in [3.8, 4) is 0 Å². The van der Waals surface area contributed by atoms with E-state index in [1.54, 1.807) is 9.80 Å². The summed E-state index contributed by atoms with van der Waals surface area (Å²) in [6.07, 6.45) is 2.95.